The SMILES string of the molecule is CCCCC1C(=O)OC(C)C(NC(=O)c2cccc(NC=O)c2OC(=O)[C@@H]2CCCN2)C(=O)OC(C)C1OC(=O)CC(C)C. The van der Waals surface area contributed by atoms with Gasteiger partial charge in [-0.15, -0.1) is 0 Å². The van der Waals surface area contributed by atoms with Crippen LogP contribution in [-0.2, 0) is 38.2 Å². The number of amides is 2. The average Bonchev–Trinajstić information content (AvgIpc) is 3.51. The van der Waals surface area contributed by atoms with Gasteiger partial charge < -0.3 is 34.9 Å². The molecule has 2 aliphatic rings. The molecule has 0 radical (unpaired) electrons. The smallest absolute Gasteiger partial charge is 0.332 e. The third kappa shape index (κ3) is 9.01. The molecule has 0 saturated carbocycles. The Morgan fingerprint density at radius 3 is 2.48 bits per heavy atom. The van der Waals surface area contributed by atoms with Gasteiger partial charge in [-0.25, -0.2) is 9.59 Å². The Morgan fingerprint density at radius 2 is 1.84 bits per heavy atom. The highest BCUT2D eigenvalue weighted by atomic mass is 16.6. The second kappa shape index (κ2) is 16.2. The maximum atomic E-state index is 13.6. The highest BCUT2D eigenvalue weighted by Crippen LogP contribution is 2.31. The number of para-hydroxylation sites is 1. The van der Waals surface area contributed by atoms with Crippen LogP contribution in [0.1, 0.15) is 83.5 Å². The van der Waals surface area contributed by atoms with E-state index < -0.39 is 66.1 Å². The van der Waals surface area contributed by atoms with E-state index in [0.717, 1.165) is 12.8 Å². The number of hydrogen-bond donors (Lipinski definition) is 3. The maximum absolute atomic E-state index is 13.6. The molecule has 44 heavy (non-hydrogen) atoms. The zero-order chi connectivity index (χ0) is 32.4. The maximum Gasteiger partial charge on any atom is 0.332 e. The average molecular weight is 618 g/mol. The van der Waals surface area contributed by atoms with Crippen molar-refractivity contribution in [2.24, 2.45) is 11.8 Å². The second-order valence-electron chi connectivity index (χ2n) is 11.6. The lowest BCUT2D eigenvalue weighted by Gasteiger charge is -2.29. The van der Waals surface area contributed by atoms with E-state index in [-0.39, 0.29) is 29.3 Å². The summed E-state index contributed by atoms with van der Waals surface area (Å²) in [6.45, 7) is 9.26. The molecule has 2 saturated heterocycles. The van der Waals surface area contributed by atoms with Gasteiger partial charge in [-0.1, -0.05) is 39.7 Å². The fourth-order valence-corrected chi connectivity index (χ4v) is 5.19. The van der Waals surface area contributed by atoms with E-state index in [1.165, 1.54) is 32.0 Å². The number of rotatable bonds is 12. The first-order chi connectivity index (χ1) is 21.0. The van der Waals surface area contributed by atoms with Crippen molar-refractivity contribution in [2.75, 3.05) is 11.9 Å². The Morgan fingerprint density at radius 1 is 1.11 bits per heavy atom. The van der Waals surface area contributed by atoms with E-state index in [4.69, 9.17) is 18.9 Å². The molecular weight excluding hydrogens is 574 g/mol. The summed E-state index contributed by atoms with van der Waals surface area (Å²) in [7, 11) is 0. The van der Waals surface area contributed by atoms with Gasteiger partial charge in [0.1, 0.15) is 18.2 Å². The quantitative estimate of drug-likeness (QED) is 0.136. The Kier molecular flexibility index (Phi) is 12.7. The molecule has 13 nitrogen and oxygen atoms in total. The van der Waals surface area contributed by atoms with E-state index in [2.05, 4.69) is 16.0 Å². The molecular formula is C31H43N3O10. The van der Waals surface area contributed by atoms with E-state index in [9.17, 15) is 28.8 Å². The Bertz CT molecular complexity index is 1210. The zero-order valence-electron chi connectivity index (χ0n) is 25.9. The summed E-state index contributed by atoms with van der Waals surface area (Å²) in [5.41, 5.74) is -0.0854. The summed E-state index contributed by atoms with van der Waals surface area (Å²) in [5, 5.41) is 7.98. The molecule has 6 atom stereocenters. The number of hydrogen-bond acceptors (Lipinski definition) is 11. The van der Waals surface area contributed by atoms with Crippen LogP contribution in [0.4, 0.5) is 5.69 Å². The molecule has 1 aromatic rings. The van der Waals surface area contributed by atoms with Crippen LogP contribution in [0.25, 0.3) is 0 Å². The monoisotopic (exact) mass is 617 g/mol. The van der Waals surface area contributed by atoms with Gasteiger partial charge in [-0.05, 0) is 57.7 Å². The molecule has 2 fully saturated rings. The third-order valence-corrected chi connectivity index (χ3v) is 7.51. The van der Waals surface area contributed by atoms with Gasteiger partial charge in [0.15, 0.2) is 17.9 Å². The van der Waals surface area contributed by atoms with Gasteiger partial charge >= 0.3 is 23.9 Å². The van der Waals surface area contributed by atoms with Crippen molar-refractivity contribution < 1.29 is 47.7 Å². The van der Waals surface area contributed by atoms with Gasteiger partial charge in [-0.2, -0.15) is 0 Å². The highest BCUT2D eigenvalue weighted by Gasteiger charge is 2.44. The fourth-order valence-electron chi connectivity index (χ4n) is 5.19. The molecule has 242 valence electrons. The van der Waals surface area contributed by atoms with E-state index in [1.54, 1.807) is 0 Å². The zero-order valence-corrected chi connectivity index (χ0v) is 25.9. The van der Waals surface area contributed by atoms with Gasteiger partial charge in [0, 0.05) is 6.42 Å². The summed E-state index contributed by atoms with van der Waals surface area (Å²) in [6.07, 6.45) is 0.247. The standard InChI is InChI=1S/C31H43N3O10/c1-6-7-10-21-26(43-24(36)15-17(2)3)19(5)42-31(40)25(18(4)41-29(21)38)34-28(37)20-11-8-12-22(33-16-35)27(20)44-30(39)23-13-9-14-32-23/h8,11-12,16-19,21,23,25-26,32H,6-7,9-10,13-15H2,1-5H3,(H,33,35)(H,34,37)/t18?,19?,21?,23-,25?,26?/m0/s1. The number of benzene rings is 1. The third-order valence-electron chi connectivity index (χ3n) is 7.51. The Labute approximate surface area is 257 Å². The van der Waals surface area contributed by atoms with Gasteiger partial charge in [0.2, 0.25) is 6.41 Å². The Hall–Kier alpha value is -4.00. The molecule has 0 bridgehead atoms. The lowest BCUT2D eigenvalue weighted by molar-refractivity contribution is -0.175. The summed E-state index contributed by atoms with van der Waals surface area (Å²) < 4.78 is 22.6. The predicted molar refractivity (Wildman–Crippen MR) is 158 cm³/mol. The lowest BCUT2D eigenvalue weighted by atomic mass is 9.92. The normalized spacial score (nSPS) is 25.5. The summed E-state index contributed by atoms with van der Waals surface area (Å²) in [4.78, 5) is 77.1. The molecule has 3 rings (SSSR count). The number of esters is 4. The van der Waals surface area contributed by atoms with Crippen LogP contribution in [0.5, 0.6) is 5.75 Å². The van der Waals surface area contributed by atoms with Crippen LogP contribution < -0.4 is 20.7 Å². The number of ether oxygens (including phenoxy) is 4. The molecule has 13 heteroatoms. The second-order valence-corrected chi connectivity index (χ2v) is 11.6. The Balaban J connectivity index is 1.90. The minimum Gasteiger partial charge on any atom is -0.460 e. The minimum absolute atomic E-state index is 0.0103. The van der Waals surface area contributed by atoms with Crippen molar-refractivity contribution in [3.63, 3.8) is 0 Å². The van der Waals surface area contributed by atoms with Crippen LogP contribution in [0.15, 0.2) is 18.2 Å². The fraction of sp³-hybridized carbons (Fsp3) is 0.613. The van der Waals surface area contributed by atoms with Crippen molar-refractivity contribution in [3.8, 4) is 5.75 Å². The summed E-state index contributed by atoms with van der Waals surface area (Å²) in [5.74, 6) is -4.70. The molecule has 0 spiro atoms. The molecule has 0 aromatic heterocycles. The van der Waals surface area contributed by atoms with Crippen molar-refractivity contribution >= 4 is 41.9 Å². The van der Waals surface area contributed by atoms with Crippen LogP contribution in [0, 0.1) is 11.8 Å². The minimum atomic E-state index is -1.46. The number of anilines is 1. The molecule has 0 aliphatic carbocycles. The van der Waals surface area contributed by atoms with Crippen LogP contribution in [-0.4, -0.2) is 73.1 Å². The number of unbranched alkanes of at least 4 members (excludes halogenated alkanes) is 1. The van der Waals surface area contributed by atoms with E-state index in [0.29, 0.717) is 32.2 Å². The van der Waals surface area contributed by atoms with Gasteiger partial charge in [0.05, 0.1) is 17.2 Å². The molecule has 3 N–H and O–H groups in total. The highest BCUT2D eigenvalue weighted by molar-refractivity contribution is 6.02. The molecule has 2 amide bonds. The van der Waals surface area contributed by atoms with Crippen molar-refractivity contribution in [2.45, 2.75) is 104 Å². The first-order valence-electron chi connectivity index (χ1n) is 15.2. The summed E-state index contributed by atoms with van der Waals surface area (Å²) >= 11 is 0. The number of cyclic esters (lactones) is 2. The summed E-state index contributed by atoms with van der Waals surface area (Å²) in [6, 6.07) is 2.24. The van der Waals surface area contributed by atoms with Crippen molar-refractivity contribution in [1.82, 2.24) is 10.6 Å². The largest absolute Gasteiger partial charge is 0.460 e. The van der Waals surface area contributed by atoms with Crippen LogP contribution in [0.2, 0.25) is 0 Å². The van der Waals surface area contributed by atoms with Gasteiger partial charge in [-0.3, -0.25) is 19.2 Å². The van der Waals surface area contributed by atoms with Gasteiger partial charge in [0.25, 0.3) is 5.91 Å². The van der Waals surface area contributed by atoms with E-state index >= 15 is 0 Å². The lowest BCUT2D eigenvalue weighted by Crippen LogP contribution is -2.50. The molecule has 1 aromatic carbocycles. The van der Waals surface area contributed by atoms with Crippen molar-refractivity contribution in [3.05, 3.63) is 23.8 Å². The van der Waals surface area contributed by atoms with E-state index in [1.807, 2.05) is 20.8 Å². The number of nitrogens with one attached hydrogen (secondary N) is 3. The first kappa shape index (κ1) is 34.5. The topological polar surface area (TPSA) is 175 Å². The van der Waals surface area contributed by atoms with Crippen molar-refractivity contribution in [1.29, 1.82) is 0 Å². The molecule has 2 aliphatic heterocycles. The number of carbonyl (C=O) groups excluding carboxylic acids is 6. The predicted octanol–water partition coefficient (Wildman–Crippen LogP) is 2.65. The molecule has 2 heterocycles. The van der Waals surface area contributed by atoms with Crippen LogP contribution >= 0.6 is 0 Å². The first-order valence-corrected chi connectivity index (χ1v) is 15.2. The number of carbonyl (C=O) groups is 6. The molecule has 5 unspecified atom stereocenters. The van der Waals surface area contributed by atoms with Crippen LogP contribution in [0.3, 0.4) is 0 Å².